The number of hydrogen-bond acceptors (Lipinski definition) is 5. The second kappa shape index (κ2) is 7.94. The minimum Gasteiger partial charge on any atom is -0.458 e. The van der Waals surface area contributed by atoms with E-state index in [-0.39, 0.29) is 0 Å². The van der Waals surface area contributed by atoms with Gasteiger partial charge in [-0.25, -0.2) is 9.67 Å². The van der Waals surface area contributed by atoms with Crippen molar-refractivity contribution in [1.29, 1.82) is 0 Å². The van der Waals surface area contributed by atoms with Crippen molar-refractivity contribution >= 4 is 0 Å². The molecule has 0 bridgehead atoms. The van der Waals surface area contributed by atoms with Crippen LogP contribution in [0.15, 0.2) is 16.5 Å². The Kier molecular flexibility index (Phi) is 5.68. The Labute approximate surface area is 143 Å². The molecule has 2 aromatic heterocycles. The zero-order valence-electron chi connectivity index (χ0n) is 15.0. The third-order valence-electron chi connectivity index (χ3n) is 4.46. The van der Waals surface area contributed by atoms with Crippen LogP contribution in [0.5, 0.6) is 0 Å². The van der Waals surface area contributed by atoms with Crippen molar-refractivity contribution in [3.8, 4) is 11.6 Å². The Morgan fingerprint density at radius 1 is 1.25 bits per heavy atom. The monoisotopic (exact) mass is 332 g/mol. The second-order valence-corrected chi connectivity index (χ2v) is 6.59. The molecule has 1 fully saturated rings. The predicted molar refractivity (Wildman–Crippen MR) is 93.0 cm³/mol. The van der Waals surface area contributed by atoms with Gasteiger partial charge in [0.05, 0.1) is 13.2 Å². The fourth-order valence-corrected chi connectivity index (χ4v) is 3.10. The maximum atomic E-state index is 5.71. The van der Waals surface area contributed by atoms with E-state index in [4.69, 9.17) is 19.2 Å². The van der Waals surface area contributed by atoms with E-state index < -0.39 is 0 Å². The van der Waals surface area contributed by atoms with E-state index >= 15 is 0 Å². The molecule has 6 nitrogen and oxygen atoms in total. The van der Waals surface area contributed by atoms with Gasteiger partial charge in [0.25, 0.3) is 0 Å². The number of ether oxygens (including phenoxy) is 1. The highest BCUT2D eigenvalue weighted by Crippen LogP contribution is 2.23. The highest BCUT2D eigenvalue weighted by molar-refractivity contribution is 5.46. The Morgan fingerprint density at radius 2 is 2.04 bits per heavy atom. The Bertz CT molecular complexity index is 643. The molecule has 0 unspecified atom stereocenters. The molecule has 1 saturated heterocycles. The third kappa shape index (κ3) is 4.05. The van der Waals surface area contributed by atoms with Gasteiger partial charge in [-0.15, -0.1) is 5.10 Å². The number of aryl methyl sites for hydroxylation is 2. The summed E-state index contributed by atoms with van der Waals surface area (Å²) in [6.07, 6.45) is 2.25. The van der Waals surface area contributed by atoms with Crippen LogP contribution in [-0.4, -0.2) is 52.5 Å². The molecule has 0 radical (unpaired) electrons. The third-order valence-corrected chi connectivity index (χ3v) is 4.46. The first kappa shape index (κ1) is 17.2. The van der Waals surface area contributed by atoms with E-state index in [2.05, 4.69) is 23.4 Å². The highest BCUT2D eigenvalue weighted by atomic mass is 16.5. The summed E-state index contributed by atoms with van der Waals surface area (Å²) in [7, 11) is 0. The Hall–Kier alpha value is -1.66. The largest absolute Gasteiger partial charge is 0.458 e. The molecular weight excluding hydrogens is 304 g/mol. The van der Waals surface area contributed by atoms with Crippen LogP contribution in [0.3, 0.4) is 0 Å². The Morgan fingerprint density at radius 3 is 2.71 bits per heavy atom. The van der Waals surface area contributed by atoms with E-state index in [9.17, 15) is 0 Å². The van der Waals surface area contributed by atoms with Crippen LogP contribution in [0.4, 0.5) is 0 Å². The fourth-order valence-electron chi connectivity index (χ4n) is 3.10. The molecule has 3 heterocycles. The van der Waals surface area contributed by atoms with Crippen LogP contribution in [0.25, 0.3) is 11.6 Å². The lowest BCUT2D eigenvalue weighted by molar-refractivity contribution is 0.0352. The minimum absolute atomic E-state index is 0.331. The summed E-state index contributed by atoms with van der Waals surface area (Å²) in [5.41, 5.74) is 0. The van der Waals surface area contributed by atoms with Gasteiger partial charge < -0.3 is 9.15 Å². The second-order valence-electron chi connectivity index (χ2n) is 6.59. The molecule has 132 valence electrons. The van der Waals surface area contributed by atoms with Gasteiger partial charge in [-0.2, -0.15) is 0 Å². The quantitative estimate of drug-likeness (QED) is 0.780. The van der Waals surface area contributed by atoms with E-state index in [1.54, 1.807) is 0 Å². The van der Waals surface area contributed by atoms with Crippen LogP contribution < -0.4 is 0 Å². The first-order valence-corrected chi connectivity index (χ1v) is 8.99. The molecule has 0 amide bonds. The smallest absolute Gasteiger partial charge is 0.217 e. The number of unbranched alkanes of at least 4 members (excludes halogenated alkanes) is 1. The van der Waals surface area contributed by atoms with E-state index in [1.165, 1.54) is 0 Å². The predicted octanol–water partition coefficient (Wildman–Crippen LogP) is 3.08. The number of aromatic nitrogens is 3. The van der Waals surface area contributed by atoms with Crippen molar-refractivity contribution in [2.75, 3.05) is 32.8 Å². The number of rotatable bonds is 7. The first-order chi connectivity index (χ1) is 11.7. The van der Waals surface area contributed by atoms with Gasteiger partial charge in [0.1, 0.15) is 11.6 Å². The summed E-state index contributed by atoms with van der Waals surface area (Å²) in [6.45, 7) is 11.9. The average Bonchev–Trinajstić information content (AvgIpc) is 3.20. The molecule has 1 atom stereocenters. The number of hydrogen-bond donors (Lipinski definition) is 0. The summed E-state index contributed by atoms with van der Waals surface area (Å²) in [6, 6.07) is 3.91. The van der Waals surface area contributed by atoms with Crippen molar-refractivity contribution in [1.82, 2.24) is 19.7 Å². The molecule has 24 heavy (non-hydrogen) atoms. The average molecular weight is 332 g/mol. The molecule has 0 aliphatic carbocycles. The van der Waals surface area contributed by atoms with E-state index in [1.807, 2.05) is 19.1 Å². The fraction of sp³-hybridized carbons (Fsp3) is 0.667. The SMILES string of the molecule is CCCCn1nc(-c2ccc(C)o2)nc1[C@@H](C)CN1CCOCC1. The van der Waals surface area contributed by atoms with Crippen molar-refractivity contribution in [3.05, 3.63) is 23.7 Å². The van der Waals surface area contributed by atoms with Gasteiger partial charge in [-0.1, -0.05) is 20.3 Å². The zero-order valence-corrected chi connectivity index (χ0v) is 15.0. The molecule has 1 aliphatic heterocycles. The summed E-state index contributed by atoms with van der Waals surface area (Å²) >= 11 is 0. The van der Waals surface area contributed by atoms with E-state index in [0.29, 0.717) is 11.7 Å². The highest BCUT2D eigenvalue weighted by Gasteiger charge is 2.21. The maximum Gasteiger partial charge on any atom is 0.217 e. The van der Waals surface area contributed by atoms with Crippen molar-refractivity contribution in [3.63, 3.8) is 0 Å². The van der Waals surface area contributed by atoms with Gasteiger partial charge in [0.15, 0.2) is 5.76 Å². The maximum absolute atomic E-state index is 5.71. The lowest BCUT2D eigenvalue weighted by atomic mass is 10.1. The lowest BCUT2D eigenvalue weighted by Crippen LogP contribution is -2.38. The molecule has 2 aromatic rings. The number of morpholine rings is 1. The molecule has 0 spiro atoms. The number of nitrogens with zero attached hydrogens (tertiary/aromatic N) is 4. The van der Waals surface area contributed by atoms with Crippen molar-refractivity contribution in [2.24, 2.45) is 0 Å². The normalized spacial score (nSPS) is 17.3. The lowest BCUT2D eigenvalue weighted by Gasteiger charge is -2.28. The summed E-state index contributed by atoms with van der Waals surface area (Å²) < 4.78 is 13.2. The van der Waals surface area contributed by atoms with Gasteiger partial charge in [0.2, 0.25) is 5.82 Å². The van der Waals surface area contributed by atoms with Crippen LogP contribution in [0, 0.1) is 6.92 Å². The minimum atomic E-state index is 0.331. The van der Waals surface area contributed by atoms with Gasteiger partial charge in [0, 0.05) is 32.1 Å². The van der Waals surface area contributed by atoms with Crippen molar-refractivity contribution in [2.45, 2.75) is 46.1 Å². The standard InChI is InChI=1S/C18H28N4O2/c1-4-5-8-22-18(14(2)13-21-9-11-23-12-10-21)19-17(20-22)16-7-6-15(3)24-16/h6-7,14H,4-5,8-13H2,1-3H3/t14-/m0/s1. The summed E-state index contributed by atoms with van der Waals surface area (Å²) in [5, 5.41) is 4.71. The van der Waals surface area contributed by atoms with E-state index in [0.717, 1.165) is 69.6 Å². The molecule has 6 heteroatoms. The summed E-state index contributed by atoms with van der Waals surface area (Å²) in [4.78, 5) is 7.26. The van der Waals surface area contributed by atoms with Gasteiger partial charge in [-0.05, 0) is 25.5 Å². The molecule has 3 rings (SSSR count). The molecule has 0 aromatic carbocycles. The van der Waals surface area contributed by atoms with Crippen LogP contribution in [0.1, 0.15) is 44.2 Å². The molecule has 1 aliphatic rings. The zero-order chi connectivity index (χ0) is 16.9. The van der Waals surface area contributed by atoms with Crippen LogP contribution in [-0.2, 0) is 11.3 Å². The topological polar surface area (TPSA) is 56.3 Å². The Balaban J connectivity index is 1.79. The first-order valence-electron chi connectivity index (χ1n) is 8.99. The van der Waals surface area contributed by atoms with Gasteiger partial charge >= 0.3 is 0 Å². The molecule has 0 N–H and O–H groups in total. The van der Waals surface area contributed by atoms with Crippen molar-refractivity contribution < 1.29 is 9.15 Å². The van der Waals surface area contributed by atoms with Crippen LogP contribution in [0.2, 0.25) is 0 Å². The number of furan rings is 1. The molecular formula is C18H28N4O2. The van der Waals surface area contributed by atoms with Gasteiger partial charge in [-0.3, -0.25) is 4.90 Å². The molecule has 0 saturated carbocycles. The van der Waals surface area contributed by atoms with Crippen LogP contribution >= 0.6 is 0 Å². The summed E-state index contributed by atoms with van der Waals surface area (Å²) in [5.74, 6) is 3.72.